The van der Waals surface area contributed by atoms with Gasteiger partial charge < -0.3 is 0 Å². The average molecular weight is 420 g/mol. The molecule has 0 bridgehead atoms. The number of aryl methyl sites for hydroxylation is 1. The lowest BCUT2D eigenvalue weighted by atomic mass is 9.93. The molecule has 2 nitrogen and oxygen atoms in total. The molecule has 176 valence electrons. The van der Waals surface area contributed by atoms with E-state index < -0.39 is 0 Å². The van der Waals surface area contributed by atoms with Gasteiger partial charge in [-0.05, 0) is 19.8 Å². The summed E-state index contributed by atoms with van der Waals surface area (Å²) in [5, 5.41) is 0. The van der Waals surface area contributed by atoms with E-state index in [9.17, 15) is 0 Å². The maximum atomic E-state index is 3.55. The normalized spacial score (nSPS) is 12.5. The Labute approximate surface area is 189 Å². The molecule has 0 saturated heterocycles. The van der Waals surface area contributed by atoms with E-state index in [1.165, 1.54) is 134 Å². The summed E-state index contributed by atoms with van der Waals surface area (Å²) in [5.41, 5.74) is 0. The fourth-order valence-electron chi connectivity index (χ4n) is 4.82. The Bertz CT molecular complexity index is 465. The topological polar surface area (TPSA) is 19.7 Å². The van der Waals surface area contributed by atoms with Crippen LogP contribution in [0.1, 0.15) is 161 Å². The lowest BCUT2D eigenvalue weighted by Crippen LogP contribution is -2.36. The Kier molecular flexibility index (Phi) is 18.3. The Balaban J connectivity index is 2.01. The highest BCUT2D eigenvalue weighted by molar-refractivity contribution is 4.89. The highest BCUT2D eigenvalue weighted by Gasteiger charge is 2.21. The Morgan fingerprint density at radius 1 is 0.600 bits per heavy atom. The molecule has 1 rings (SSSR count). The minimum Gasteiger partial charge on any atom is -0.247 e. The largest absolute Gasteiger partial charge is 0.257 e. The second-order valence-corrected chi connectivity index (χ2v) is 9.56. The van der Waals surface area contributed by atoms with Crippen molar-refractivity contribution >= 4 is 0 Å². The number of H-pyrrole nitrogens is 1. The van der Waals surface area contributed by atoms with Gasteiger partial charge in [-0.2, -0.15) is 0 Å². The van der Waals surface area contributed by atoms with Crippen molar-refractivity contribution in [2.24, 2.45) is 0 Å². The number of hydrogen-bond donors (Lipinski definition) is 1. The Morgan fingerprint density at radius 2 is 1.00 bits per heavy atom. The van der Waals surface area contributed by atoms with E-state index in [4.69, 9.17) is 0 Å². The summed E-state index contributed by atoms with van der Waals surface area (Å²) < 4.78 is 2.42. The van der Waals surface area contributed by atoms with Crippen LogP contribution in [0.15, 0.2) is 12.4 Å². The molecule has 0 aliphatic heterocycles. The molecule has 0 unspecified atom stereocenters. The summed E-state index contributed by atoms with van der Waals surface area (Å²) >= 11 is 0. The lowest BCUT2D eigenvalue weighted by Gasteiger charge is -2.13. The monoisotopic (exact) mass is 419 g/mol. The molecule has 1 N–H and O–H groups in total. The fourth-order valence-corrected chi connectivity index (χ4v) is 4.82. The van der Waals surface area contributed by atoms with E-state index in [-0.39, 0.29) is 0 Å². The molecule has 1 heterocycles. The highest BCUT2D eigenvalue weighted by atomic mass is 15.1. The van der Waals surface area contributed by atoms with Gasteiger partial charge in [0.2, 0.25) is 0 Å². The minimum atomic E-state index is 0.730. The number of aromatic nitrogens is 2. The molecule has 1 aromatic heterocycles. The van der Waals surface area contributed by atoms with Crippen molar-refractivity contribution in [2.75, 3.05) is 0 Å². The zero-order valence-corrected chi connectivity index (χ0v) is 21.0. The summed E-state index contributed by atoms with van der Waals surface area (Å²) in [6, 6.07) is 0. The van der Waals surface area contributed by atoms with Gasteiger partial charge in [0.05, 0.1) is 12.5 Å². The van der Waals surface area contributed by atoms with Gasteiger partial charge in [0, 0.05) is 0 Å². The highest BCUT2D eigenvalue weighted by Crippen LogP contribution is 2.25. The Morgan fingerprint density at radius 3 is 1.47 bits per heavy atom. The van der Waals surface area contributed by atoms with Gasteiger partial charge in [-0.3, -0.25) is 0 Å². The van der Waals surface area contributed by atoms with Gasteiger partial charge >= 0.3 is 0 Å². The third-order valence-electron chi connectivity index (χ3n) is 6.83. The lowest BCUT2D eigenvalue weighted by molar-refractivity contribution is -0.701. The number of nitrogens with one attached hydrogen (secondary N) is 1. The van der Waals surface area contributed by atoms with E-state index >= 15 is 0 Å². The number of nitrogens with zero attached hydrogens (tertiary/aromatic N) is 1. The predicted octanol–water partition coefficient (Wildman–Crippen LogP) is 9.25. The van der Waals surface area contributed by atoms with Crippen LogP contribution >= 0.6 is 0 Å². The van der Waals surface area contributed by atoms with Crippen molar-refractivity contribution in [1.82, 2.24) is 4.98 Å². The third-order valence-corrected chi connectivity index (χ3v) is 6.83. The van der Waals surface area contributed by atoms with Crippen LogP contribution in [0.2, 0.25) is 0 Å². The van der Waals surface area contributed by atoms with Crippen molar-refractivity contribution < 1.29 is 4.57 Å². The van der Waals surface area contributed by atoms with Gasteiger partial charge in [-0.25, -0.2) is 9.55 Å². The summed E-state index contributed by atoms with van der Waals surface area (Å²) in [5.74, 6) is 2.20. The molecule has 0 saturated carbocycles. The molecule has 0 aliphatic carbocycles. The van der Waals surface area contributed by atoms with Gasteiger partial charge in [0.25, 0.3) is 5.82 Å². The quantitative estimate of drug-likeness (QED) is 0.143. The van der Waals surface area contributed by atoms with Gasteiger partial charge in [0.1, 0.15) is 12.4 Å². The van der Waals surface area contributed by atoms with Crippen molar-refractivity contribution in [3.63, 3.8) is 0 Å². The van der Waals surface area contributed by atoms with E-state index in [1.807, 2.05) is 0 Å². The molecule has 0 aliphatic rings. The van der Waals surface area contributed by atoms with E-state index in [2.05, 4.69) is 42.7 Å². The first-order valence-corrected chi connectivity index (χ1v) is 13.9. The smallest absolute Gasteiger partial charge is 0.247 e. The molecule has 0 radical (unpaired) electrons. The second-order valence-electron chi connectivity index (χ2n) is 9.56. The number of aromatic amines is 1. The summed E-state index contributed by atoms with van der Waals surface area (Å²) in [6.45, 7) is 7.95. The summed E-state index contributed by atoms with van der Waals surface area (Å²) in [4.78, 5) is 3.55. The maximum Gasteiger partial charge on any atom is 0.257 e. The maximum absolute atomic E-state index is 3.55. The molecule has 1 atom stereocenters. The first kappa shape index (κ1) is 27.2. The van der Waals surface area contributed by atoms with E-state index in [0.717, 1.165) is 12.5 Å². The van der Waals surface area contributed by atoms with Crippen molar-refractivity contribution in [2.45, 2.75) is 162 Å². The molecular weight excluding hydrogens is 364 g/mol. The molecule has 30 heavy (non-hydrogen) atoms. The predicted molar refractivity (Wildman–Crippen MR) is 133 cm³/mol. The van der Waals surface area contributed by atoms with E-state index in [1.54, 1.807) is 0 Å². The van der Waals surface area contributed by atoms with Gasteiger partial charge in [0.15, 0.2) is 0 Å². The standard InChI is InChI=1S/C28H54N2/c1-4-7-9-10-11-12-13-14-15-16-17-18-19-20-22-24-27(23-21-8-5-2)28-29-25-26-30(28)6-3/h25-27H,4-24H2,1-3H3/p+1/t27-/m0/s1. The molecule has 0 fully saturated rings. The zero-order chi connectivity index (χ0) is 21.7. The van der Waals surface area contributed by atoms with Crippen molar-refractivity contribution in [3.8, 4) is 0 Å². The van der Waals surface area contributed by atoms with Gasteiger partial charge in [-0.1, -0.05) is 129 Å². The first-order chi connectivity index (χ1) is 14.8. The molecule has 0 amide bonds. The number of imidazole rings is 1. The molecular formula is C28H55N2+. The zero-order valence-electron chi connectivity index (χ0n) is 21.0. The van der Waals surface area contributed by atoms with Crippen molar-refractivity contribution in [1.29, 1.82) is 0 Å². The van der Waals surface area contributed by atoms with Crippen LogP contribution in [0.4, 0.5) is 0 Å². The molecule has 0 spiro atoms. The van der Waals surface area contributed by atoms with Crippen LogP contribution in [-0.4, -0.2) is 4.98 Å². The molecule has 2 heteroatoms. The Hall–Kier alpha value is -0.790. The first-order valence-electron chi connectivity index (χ1n) is 13.9. The second kappa shape index (κ2) is 20.1. The number of rotatable bonds is 22. The molecule has 0 aromatic carbocycles. The van der Waals surface area contributed by atoms with Crippen LogP contribution in [0.25, 0.3) is 0 Å². The van der Waals surface area contributed by atoms with Crippen LogP contribution < -0.4 is 4.57 Å². The third kappa shape index (κ3) is 13.5. The van der Waals surface area contributed by atoms with E-state index in [0.29, 0.717) is 0 Å². The van der Waals surface area contributed by atoms with Crippen LogP contribution in [-0.2, 0) is 6.54 Å². The van der Waals surface area contributed by atoms with Crippen LogP contribution in [0.5, 0.6) is 0 Å². The van der Waals surface area contributed by atoms with Crippen LogP contribution in [0, 0.1) is 0 Å². The number of unbranched alkanes of at least 4 members (excludes halogenated alkanes) is 16. The fraction of sp³-hybridized carbons (Fsp3) is 0.893. The summed E-state index contributed by atoms with van der Waals surface area (Å²) in [7, 11) is 0. The summed E-state index contributed by atoms with van der Waals surface area (Å²) in [6.07, 6.45) is 32.9. The van der Waals surface area contributed by atoms with Gasteiger partial charge in [-0.15, -0.1) is 0 Å². The van der Waals surface area contributed by atoms with Crippen molar-refractivity contribution in [3.05, 3.63) is 18.2 Å². The molecule has 1 aromatic rings. The SMILES string of the molecule is CCCCCCCCCCCCCCCCC[C@H](CCCCC)c1[nH]cc[n+]1CC. The minimum absolute atomic E-state index is 0.730. The average Bonchev–Trinajstić information content (AvgIpc) is 3.24. The number of hydrogen-bond acceptors (Lipinski definition) is 0. The van der Waals surface area contributed by atoms with Crippen LogP contribution in [0.3, 0.4) is 0 Å².